The summed E-state index contributed by atoms with van der Waals surface area (Å²) < 4.78 is 16.8. The van der Waals surface area contributed by atoms with Crippen LogP contribution >= 0.6 is 24.0 Å². The lowest BCUT2D eigenvalue weighted by Crippen LogP contribution is -2.46. The largest absolute Gasteiger partial charge is 0.379 e. The average molecular weight is 512 g/mol. The zero-order valence-electron chi connectivity index (χ0n) is 18.0. The van der Waals surface area contributed by atoms with Crippen LogP contribution in [0.25, 0.3) is 0 Å². The first-order chi connectivity index (χ1) is 13.2. The van der Waals surface area contributed by atoms with E-state index >= 15 is 0 Å². The van der Waals surface area contributed by atoms with Crippen LogP contribution in [0.1, 0.15) is 40.0 Å². The number of halogens is 1. The third kappa shape index (κ3) is 10.6. The summed E-state index contributed by atoms with van der Waals surface area (Å²) in [7, 11) is 0. The van der Waals surface area contributed by atoms with E-state index in [0.717, 1.165) is 77.8 Å². The van der Waals surface area contributed by atoms with Gasteiger partial charge in [-0.1, -0.05) is 13.8 Å². The molecule has 2 fully saturated rings. The molecule has 2 saturated heterocycles. The Kier molecular flexibility index (Phi) is 14.5. The van der Waals surface area contributed by atoms with Crippen LogP contribution in [0.2, 0.25) is 0 Å². The van der Waals surface area contributed by atoms with Crippen LogP contribution < -0.4 is 10.6 Å². The topological polar surface area (TPSA) is 67.4 Å². The molecule has 0 amide bonds. The number of morpholine rings is 1. The maximum Gasteiger partial charge on any atom is 0.191 e. The minimum Gasteiger partial charge on any atom is -0.379 e. The summed E-state index contributed by atoms with van der Waals surface area (Å²) in [5.41, 5.74) is 0. The van der Waals surface area contributed by atoms with Crippen LogP contribution in [0.15, 0.2) is 4.99 Å². The van der Waals surface area contributed by atoms with Crippen molar-refractivity contribution in [1.82, 2.24) is 15.5 Å². The Morgan fingerprint density at radius 3 is 2.64 bits per heavy atom. The number of hydrogen-bond acceptors (Lipinski definition) is 5. The molecule has 8 heteroatoms. The van der Waals surface area contributed by atoms with E-state index < -0.39 is 0 Å². The number of nitrogens with zero attached hydrogens (tertiary/aromatic N) is 2. The highest BCUT2D eigenvalue weighted by molar-refractivity contribution is 14.0. The van der Waals surface area contributed by atoms with Gasteiger partial charge in [-0.25, -0.2) is 0 Å². The zero-order chi connectivity index (χ0) is 19.3. The van der Waals surface area contributed by atoms with Crippen LogP contribution in [0.3, 0.4) is 0 Å². The molecule has 0 spiro atoms. The summed E-state index contributed by atoms with van der Waals surface area (Å²) in [5.74, 6) is 1.54. The Hall–Kier alpha value is -0.160. The second kappa shape index (κ2) is 15.6. The van der Waals surface area contributed by atoms with Gasteiger partial charge in [0.2, 0.25) is 0 Å². The quantitative estimate of drug-likeness (QED) is 0.191. The maximum atomic E-state index is 5.73. The monoisotopic (exact) mass is 512 g/mol. The molecule has 28 heavy (non-hydrogen) atoms. The molecule has 0 aromatic heterocycles. The molecule has 2 rings (SSSR count). The second-order valence-corrected chi connectivity index (χ2v) is 7.79. The highest BCUT2D eigenvalue weighted by atomic mass is 127. The molecule has 7 nitrogen and oxygen atoms in total. The minimum absolute atomic E-state index is 0. The fourth-order valence-electron chi connectivity index (χ4n) is 3.60. The Bertz CT molecular complexity index is 414. The van der Waals surface area contributed by atoms with E-state index in [0.29, 0.717) is 25.2 Å². The van der Waals surface area contributed by atoms with E-state index in [2.05, 4.69) is 36.3 Å². The van der Waals surface area contributed by atoms with Crippen LogP contribution in [0.4, 0.5) is 0 Å². The molecule has 2 heterocycles. The van der Waals surface area contributed by atoms with E-state index in [-0.39, 0.29) is 30.1 Å². The second-order valence-electron chi connectivity index (χ2n) is 7.79. The summed E-state index contributed by atoms with van der Waals surface area (Å²) in [6.07, 6.45) is 3.73. The molecule has 0 saturated carbocycles. The van der Waals surface area contributed by atoms with Crippen molar-refractivity contribution in [1.29, 1.82) is 0 Å². The molecule has 0 aromatic carbocycles. The summed E-state index contributed by atoms with van der Waals surface area (Å²) in [6.45, 7) is 15.0. The Balaban J connectivity index is 0.00000392. The SMILES string of the molecule is CCNC(=NCC(CC(C)C)N1CCOCC1)NCCOCC1CCCO1.I. The summed E-state index contributed by atoms with van der Waals surface area (Å²) in [4.78, 5) is 7.38. The molecule has 2 aliphatic rings. The fraction of sp³-hybridized carbons (Fsp3) is 0.950. The van der Waals surface area contributed by atoms with E-state index in [4.69, 9.17) is 19.2 Å². The first-order valence-corrected chi connectivity index (χ1v) is 10.7. The van der Waals surface area contributed by atoms with Gasteiger partial charge in [-0.3, -0.25) is 9.89 Å². The Morgan fingerprint density at radius 2 is 2.00 bits per heavy atom. The van der Waals surface area contributed by atoms with Gasteiger partial charge in [-0.15, -0.1) is 24.0 Å². The van der Waals surface area contributed by atoms with Gasteiger partial charge in [-0.05, 0) is 32.1 Å². The molecule has 2 unspecified atom stereocenters. The number of aliphatic imine (C=N–C) groups is 1. The van der Waals surface area contributed by atoms with Crippen molar-refractivity contribution >= 4 is 29.9 Å². The van der Waals surface area contributed by atoms with E-state index in [1.54, 1.807) is 0 Å². The Morgan fingerprint density at radius 1 is 1.21 bits per heavy atom. The highest BCUT2D eigenvalue weighted by Crippen LogP contribution is 2.14. The molecule has 0 bridgehead atoms. The van der Waals surface area contributed by atoms with Crippen LogP contribution in [0.5, 0.6) is 0 Å². The van der Waals surface area contributed by atoms with Gasteiger partial charge in [0.05, 0.1) is 39.1 Å². The standard InChI is InChI=1S/C20H40N4O3.HI/c1-4-21-20(22-7-11-26-16-19-6-5-10-27-19)23-15-18(14-17(2)3)24-8-12-25-13-9-24;/h17-19H,4-16H2,1-3H3,(H2,21,22,23);1H. The lowest BCUT2D eigenvalue weighted by molar-refractivity contribution is 0.0142. The molecule has 0 aliphatic carbocycles. The zero-order valence-corrected chi connectivity index (χ0v) is 20.3. The number of ether oxygens (including phenoxy) is 3. The smallest absolute Gasteiger partial charge is 0.191 e. The molecule has 2 N–H and O–H groups in total. The third-order valence-corrected chi connectivity index (χ3v) is 4.98. The summed E-state index contributed by atoms with van der Waals surface area (Å²) in [5, 5.41) is 6.73. The van der Waals surface area contributed by atoms with Gasteiger partial charge in [0.25, 0.3) is 0 Å². The van der Waals surface area contributed by atoms with Crippen molar-refractivity contribution in [3.05, 3.63) is 0 Å². The van der Waals surface area contributed by atoms with Crippen molar-refractivity contribution in [3.8, 4) is 0 Å². The van der Waals surface area contributed by atoms with Crippen molar-refractivity contribution in [2.24, 2.45) is 10.9 Å². The van der Waals surface area contributed by atoms with E-state index in [9.17, 15) is 0 Å². The van der Waals surface area contributed by atoms with Gasteiger partial charge in [-0.2, -0.15) is 0 Å². The number of guanidine groups is 1. The van der Waals surface area contributed by atoms with Crippen molar-refractivity contribution in [3.63, 3.8) is 0 Å². The third-order valence-electron chi connectivity index (χ3n) is 4.98. The molecular weight excluding hydrogens is 471 g/mol. The molecule has 0 aromatic rings. The van der Waals surface area contributed by atoms with Gasteiger partial charge in [0, 0.05) is 38.8 Å². The number of hydrogen-bond donors (Lipinski definition) is 2. The first-order valence-electron chi connectivity index (χ1n) is 10.7. The van der Waals surface area contributed by atoms with E-state index in [1.807, 2.05) is 0 Å². The fourth-order valence-corrected chi connectivity index (χ4v) is 3.60. The van der Waals surface area contributed by atoms with Crippen molar-refractivity contribution in [2.75, 3.05) is 65.8 Å². The average Bonchev–Trinajstić information content (AvgIpc) is 3.18. The Labute approximate surface area is 188 Å². The predicted octanol–water partition coefficient (Wildman–Crippen LogP) is 2.10. The van der Waals surface area contributed by atoms with Gasteiger partial charge in [0.15, 0.2) is 5.96 Å². The lowest BCUT2D eigenvalue weighted by atomic mass is 10.0. The lowest BCUT2D eigenvalue weighted by Gasteiger charge is -2.34. The normalized spacial score (nSPS) is 22.1. The maximum absolute atomic E-state index is 5.73. The van der Waals surface area contributed by atoms with Crippen LogP contribution in [-0.4, -0.2) is 88.8 Å². The molecule has 166 valence electrons. The number of rotatable bonds is 11. The molecule has 2 aliphatic heterocycles. The highest BCUT2D eigenvalue weighted by Gasteiger charge is 2.21. The van der Waals surface area contributed by atoms with Crippen molar-refractivity contribution < 1.29 is 14.2 Å². The van der Waals surface area contributed by atoms with E-state index in [1.165, 1.54) is 0 Å². The molecular formula is C20H41IN4O3. The van der Waals surface area contributed by atoms with Gasteiger partial charge in [0.1, 0.15) is 0 Å². The first kappa shape index (κ1) is 25.9. The van der Waals surface area contributed by atoms with Gasteiger partial charge < -0.3 is 24.8 Å². The summed E-state index contributed by atoms with van der Waals surface area (Å²) in [6, 6.07) is 0.472. The van der Waals surface area contributed by atoms with Crippen LogP contribution in [0, 0.1) is 5.92 Å². The predicted molar refractivity (Wildman–Crippen MR) is 125 cm³/mol. The van der Waals surface area contributed by atoms with Gasteiger partial charge >= 0.3 is 0 Å². The molecule has 0 radical (unpaired) electrons. The van der Waals surface area contributed by atoms with Crippen LogP contribution in [-0.2, 0) is 14.2 Å². The van der Waals surface area contributed by atoms with Crippen molar-refractivity contribution in [2.45, 2.75) is 52.2 Å². The number of nitrogens with one attached hydrogen (secondary N) is 2. The summed E-state index contributed by atoms with van der Waals surface area (Å²) >= 11 is 0. The molecule has 2 atom stereocenters. The minimum atomic E-state index is 0.